The van der Waals surface area contributed by atoms with Crippen molar-refractivity contribution in [1.29, 1.82) is 0 Å². The summed E-state index contributed by atoms with van der Waals surface area (Å²) < 4.78 is 16.7. The Bertz CT molecular complexity index is 1030. The van der Waals surface area contributed by atoms with Gasteiger partial charge in [-0.05, 0) is 48.2 Å². The number of methoxy groups -OCH3 is 1. The smallest absolute Gasteiger partial charge is 0.338 e. The lowest BCUT2D eigenvalue weighted by atomic mass is 9.91. The summed E-state index contributed by atoms with van der Waals surface area (Å²) in [5.74, 6) is 0.452. The third-order valence-electron chi connectivity index (χ3n) is 4.98. The topological polar surface area (TPSA) is 85.9 Å². The zero-order valence-corrected chi connectivity index (χ0v) is 19.3. The number of allylic oxidation sites excluding steroid dienone is 1. The lowest BCUT2D eigenvalue weighted by molar-refractivity contribution is -0.139. The lowest BCUT2D eigenvalue weighted by Gasteiger charge is -2.31. The molecule has 8 heteroatoms. The van der Waals surface area contributed by atoms with E-state index in [2.05, 4.69) is 10.6 Å². The number of carbonyl (C=O) groups excluding carboxylic acids is 2. The van der Waals surface area contributed by atoms with E-state index < -0.39 is 12.0 Å². The Morgan fingerprint density at radius 3 is 2.59 bits per heavy atom. The first-order valence-electron chi connectivity index (χ1n) is 10.4. The van der Waals surface area contributed by atoms with Gasteiger partial charge in [0.2, 0.25) is 0 Å². The SMILES string of the molecule is CCOC(=O)C1=C(C(C)C)NC(=O)NC1c1ccc(OCc2cccc(Cl)c2)c(OC)c1. The molecular formula is C24H27ClN2O5. The molecule has 0 fully saturated rings. The average molecular weight is 459 g/mol. The predicted molar refractivity (Wildman–Crippen MR) is 122 cm³/mol. The van der Waals surface area contributed by atoms with Crippen molar-refractivity contribution in [3.8, 4) is 11.5 Å². The lowest BCUT2D eigenvalue weighted by Crippen LogP contribution is -2.47. The molecule has 1 aliphatic heterocycles. The van der Waals surface area contributed by atoms with Gasteiger partial charge < -0.3 is 24.8 Å². The number of carbonyl (C=O) groups is 2. The van der Waals surface area contributed by atoms with Crippen LogP contribution >= 0.6 is 11.6 Å². The van der Waals surface area contributed by atoms with E-state index in [9.17, 15) is 9.59 Å². The van der Waals surface area contributed by atoms with Crippen LogP contribution in [0.5, 0.6) is 11.5 Å². The minimum atomic E-state index is -0.684. The standard InChI is InChI=1S/C24H27ClN2O5/c1-5-31-23(28)20-21(14(2)3)26-24(29)27-22(20)16-9-10-18(19(12-16)30-4)32-13-15-7-6-8-17(25)11-15/h6-12,14,22H,5,13H2,1-4H3,(H2,26,27,29). The number of hydrogen-bond donors (Lipinski definition) is 2. The number of benzene rings is 2. The summed E-state index contributed by atoms with van der Waals surface area (Å²) in [6, 6.07) is 11.6. The van der Waals surface area contributed by atoms with Gasteiger partial charge in [-0.1, -0.05) is 43.6 Å². The summed E-state index contributed by atoms with van der Waals surface area (Å²) in [5.41, 5.74) is 2.50. The molecule has 0 radical (unpaired) electrons. The molecule has 7 nitrogen and oxygen atoms in total. The number of halogens is 1. The Labute approximate surface area is 192 Å². The molecule has 2 N–H and O–H groups in total. The van der Waals surface area contributed by atoms with Crippen LogP contribution in [0.4, 0.5) is 4.79 Å². The van der Waals surface area contributed by atoms with Crippen LogP contribution in [-0.2, 0) is 16.1 Å². The summed E-state index contributed by atoms with van der Waals surface area (Å²) in [6.45, 7) is 6.10. The van der Waals surface area contributed by atoms with Crippen molar-refractivity contribution in [2.24, 2.45) is 5.92 Å². The highest BCUT2D eigenvalue weighted by atomic mass is 35.5. The van der Waals surface area contributed by atoms with E-state index in [4.69, 9.17) is 25.8 Å². The first-order valence-corrected chi connectivity index (χ1v) is 10.8. The quantitative estimate of drug-likeness (QED) is 0.557. The molecule has 0 aromatic heterocycles. The van der Waals surface area contributed by atoms with Crippen LogP contribution in [0.1, 0.15) is 37.9 Å². The molecular weight excluding hydrogens is 432 g/mol. The van der Waals surface area contributed by atoms with E-state index in [-0.39, 0.29) is 18.6 Å². The Balaban J connectivity index is 1.93. The monoisotopic (exact) mass is 458 g/mol. The van der Waals surface area contributed by atoms with Crippen LogP contribution in [0.15, 0.2) is 53.7 Å². The van der Waals surface area contributed by atoms with Gasteiger partial charge in [-0.2, -0.15) is 0 Å². The predicted octanol–water partition coefficient (Wildman–Crippen LogP) is 4.75. The summed E-state index contributed by atoms with van der Waals surface area (Å²) in [5, 5.41) is 6.21. The van der Waals surface area contributed by atoms with E-state index in [1.807, 2.05) is 32.0 Å². The first-order chi connectivity index (χ1) is 15.3. The summed E-state index contributed by atoms with van der Waals surface area (Å²) >= 11 is 6.04. The molecule has 1 atom stereocenters. The maximum Gasteiger partial charge on any atom is 0.338 e. The van der Waals surface area contributed by atoms with Gasteiger partial charge in [0, 0.05) is 10.7 Å². The summed E-state index contributed by atoms with van der Waals surface area (Å²) in [6.07, 6.45) is 0. The van der Waals surface area contributed by atoms with Gasteiger partial charge in [-0.25, -0.2) is 9.59 Å². The zero-order valence-electron chi connectivity index (χ0n) is 18.5. The fourth-order valence-corrected chi connectivity index (χ4v) is 3.71. The largest absolute Gasteiger partial charge is 0.493 e. The van der Waals surface area contributed by atoms with E-state index >= 15 is 0 Å². The van der Waals surface area contributed by atoms with Crippen molar-refractivity contribution >= 4 is 23.6 Å². The molecule has 0 saturated heterocycles. The van der Waals surface area contributed by atoms with Crippen LogP contribution in [-0.4, -0.2) is 25.7 Å². The van der Waals surface area contributed by atoms with Gasteiger partial charge in [0.15, 0.2) is 11.5 Å². The van der Waals surface area contributed by atoms with Gasteiger partial charge in [0.1, 0.15) is 6.61 Å². The molecule has 0 aliphatic carbocycles. The highest BCUT2D eigenvalue weighted by Crippen LogP contribution is 2.36. The van der Waals surface area contributed by atoms with E-state index in [1.54, 1.807) is 31.2 Å². The highest BCUT2D eigenvalue weighted by molar-refractivity contribution is 6.30. The summed E-state index contributed by atoms with van der Waals surface area (Å²) in [4.78, 5) is 25.1. The van der Waals surface area contributed by atoms with Crippen molar-refractivity contribution in [2.45, 2.75) is 33.4 Å². The number of urea groups is 1. The molecule has 1 unspecified atom stereocenters. The van der Waals surface area contributed by atoms with Gasteiger partial charge in [0.25, 0.3) is 0 Å². The number of hydrogen-bond acceptors (Lipinski definition) is 5. The van der Waals surface area contributed by atoms with E-state index in [0.29, 0.717) is 40.0 Å². The fraction of sp³-hybridized carbons (Fsp3) is 0.333. The van der Waals surface area contributed by atoms with Crippen molar-refractivity contribution in [1.82, 2.24) is 10.6 Å². The van der Waals surface area contributed by atoms with Crippen molar-refractivity contribution < 1.29 is 23.8 Å². The Morgan fingerprint density at radius 2 is 1.94 bits per heavy atom. The Kier molecular flexibility index (Phi) is 7.64. The molecule has 0 spiro atoms. The number of rotatable bonds is 8. The molecule has 2 aromatic rings. The average Bonchev–Trinajstić information content (AvgIpc) is 2.77. The molecule has 3 rings (SSSR count). The molecule has 1 heterocycles. The minimum absolute atomic E-state index is 0.0786. The maximum atomic E-state index is 12.8. The third kappa shape index (κ3) is 5.34. The van der Waals surface area contributed by atoms with Crippen molar-refractivity contribution in [3.63, 3.8) is 0 Å². The van der Waals surface area contributed by atoms with Crippen LogP contribution in [0, 0.1) is 5.92 Å². The van der Waals surface area contributed by atoms with Crippen LogP contribution in [0.25, 0.3) is 0 Å². The summed E-state index contributed by atoms with van der Waals surface area (Å²) in [7, 11) is 1.54. The van der Waals surface area contributed by atoms with Crippen molar-refractivity contribution in [2.75, 3.05) is 13.7 Å². The van der Waals surface area contributed by atoms with Gasteiger partial charge >= 0.3 is 12.0 Å². The minimum Gasteiger partial charge on any atom is -0.493 e. The second-order valence-corrected chi connectivity index (χ2v) is 8.00. The van der Waals surface area contributed by atoms with E-state index in [0.717, 1.165) is 5.56 Å². The second-order valence-electron chi connectivity index (χ2n) is 7.56. The molecule has 1 aliphatic rings. The van der Waals surface area contributed by atoms with E-state index in [1.165, 1.54) is 7.11 Å². The zero-order chi connectivity index (χ0) is 23.3. The maximum absolute atomic E-state index is 12.8. The van der Waals surface area contributed by atoms with Gasteiger partial charge in [0.05, 0.1) is 25.3 Å². The van der Waals surface area contributed by atoms with Gasteiger partial charge in [-0.3, -0.25) is 0 Å². The fourth-order valence-electron chi connectivity index (χ4n) is 3.50. The van der Waals surface area contributed by atoms with Crippen LogP contribution in [0.3, 0.4) is 0 Å². The number of ether oxygens (including phenoxy) is 3. The highest BCUT2D eigenvalue weighted by Gasteiger charge is 2.35. The number of esters is 1. The number of nitrogens with one attached hydrogen (secondary N) is 2. The Morgan fingerprint density at radius 1 is 1.16 bits per heavy atom. The normalized spacial score (nSPS) is 15.8. The van der Waals surface area contributed by atoms with Crippen LogP contribution < -0.4 is 20.1 Å². The first kappa shape index (κ1) is 23.5. The molecule has 2 aromatic carbocycles. The van der Waals surface area contributed by atoms with Crippen molar-refractivity contribution in [3.05, 3.63) is 69.9 Å². The molecule has 32 heavy (non-hydrogen) atoms. The number of amides is 2. The Hall–Kier alpha value is -3.19. The molecule has 0 saturated carbocycles. The second kappa shape index (κ2) is 10.4. The molecule has 170 valence electrons. The molecule has 2 amide bonds. The van der Waals surface area contributed by atoms with Gasteiger partial charge in [-0.15, -0.1) is 0 Å². The van der Waals surface area contributed by atoms with Crippen LogP contribution in [0.2, 0.25) is 5.02 Å². The molecule has 0 bridgehead atoms. The third-order valence-corrected chi connectivity index (χ3v) is 5.21.